The third-order valence-electron chi connectivity index (χ3n) is 7.81. The van der Waals surface area contributed by atoms with Crippen molar-refractivity contribution < 1.29 is 33.4 Å². The maximum atomic E-state index is 13.6. The second kappa shape index (κ2) is 10.1. The molecule has 9 nitrogen and oxygen atoms in total. The highest BCUT2D eigenvalue weighted by Gasteiger charge is 2.55. The molecule has 2 aromatic rings. The highest BCUT2D eigenvalue weighted by atomic mass is 35.5. The van der Waals surface area contributed by atoms with E-state index >= 15 is 0 Å². The van der Waals surface area contributed by atoms with E-state index in [2.05, 4.69) is 10.6 Å². The van der Waals surface area contributed by atoms with Crippen LogP contribution in [0.5, 0.6) is 11.5 Å². The quantitative estimate of drug-likeness (QED) is 0.469. The van der Waals surface area contributed by atoms with Crippen LogP contribution >= 0.6 is 11.6 Å². The van der Waals surface area contributed by atoms with Gasteiger partial charge in [-0.15, -0.1) is 0 Å². The number of aliphatic hydroxyl groups is 1. The fourth-order valence-corrected chi connectivity index (χ4v) is 5.80. The summed E-state index contributed by atoms with van der Waals surface area (Å²) in [5.74, 6) is -0.841. The van der Waals surface area contributed by atoms with Crippen molar-refractivity contribution in [2.24, 2.45) is 0 Å². The molecule has 3 N–H and O–H groups in total. The molecule has 0 radical (unpaired) electrons. The Morgan fingerprint density at radius 2 is 1.68 bits per heavy atom. The first-order valence-electron chi connectivity index (χ1n) is 12.5. The number of ether oxygens (including phenoxy) is 2. The fraction of sp³-hybridized carbons (Fsp3) is 0.444. The van der Waals surface area contributed by atoms with Gasteiger partial charge in [-0.2, -0.15) is 0 Å². The molecule has 6 rings (SSSR count). The second-order valence-corrected chi connectivity index (χ2v) is 10.8. The van der Waals surface area contributed by atoms with E-state index in [1.54, 1.807) is 24.1 Å². The Balaban J connectivity index is 1.12. The molecule has 0 saturated heterocycles. The van der Waals surface area contributed by atoms with Crippen LogP contribution in [-0.2, 0) is 16.1 Å². The normalized spacial score (nSPS) is 25.6. The van der Waals surface area contributed by atoms with Gasteiger partial charge in [0.2, 0.25) is 0 Å². The van der Waals surface area contributed by atoms with Crippen molar-refractivity contribution in [2.45, 2.75) is 55.8 Å². The smallest absolute Gasteiger partial charge is 0.258 e. The number of halogens is 2. The lowest BCUT2D eigenvalue weighted by atomic mass is 9.60. The van der Waals surface area contributed by atoms with Gasteiger partial charge in [0.15, 0.2) is 13.2 Å². The molecule has 2 aromatic carbocycles. The van der Waals surface area contributed by atoms with Gasteiger partial charge in [-0.3, -0.25) is 14.4 Å². The molecule has 3 fully saturated rings. The molecule has 1 unspecified atom stereocenters. The van der Waals surface area contributed by atoms with Crippen molar-refractivity contribution in [3.8, 4) is 11.5 Å². The summed E-state index contributed by atoms with van der Waals surface area (Å²) in [6.45, 7) is 0.00158. The molecule has 11 heteroatoms. The van der Waals surface area contributed by atoms with Gasteiger partial charge in [0.1, 0.15) is 17.3 Å². The van der Waals surface area contributed by atoms with Crippen LogP contribution in [0.1, 0.15) is 48.0 Å². The highest BCUT2D eigenvalue weighted by Crippen LogP contribution is 2.47. The van der Waals surface area contributed by atoms with Crippen molar-refractivity contribution in [3.63, 3.8) is 0 Å². The van der Waals surface area contributed by atoms with Gasteiger partial charge in [-0.1, -0.05) is 17.7 Å². The summed E-state index contributed by atoms with van der Waals surface area (Å²) in [5.41, 5.74) is 0.113. The number of carbonyl (C=O) groups is 3. The third kappa shape index (κ3) is 5.15. The van der Waals surface area contributed by atoms with Gasteiger partial charge in [0.25, 0.3) is 17.7 Å². The van der Waals surface area contributed by atoms with Gasteiger partial charge >= 0.3 is 0 Å². The van der Waals surface area contributed by atoms with E-state index in [1.807, 2.05) is 6.07 Å². The summed E-state index contributed by atoms with van der Waals surface area (Å²) >= 11 is 5.66. The number of hydrogen-bond acceptors (Lipinski definition) is 6. The molecule has 3 aliphatic carbocycles. The summed E-state index contributed by atoms with van der Waals surface area (Å²) in [5, 5.41) is 16.8. The fourth-order valence-electron chi connectivity index (χ4n) is 5.69. The lowest BCUT2D eigenvalue weighted by Gasteiger charge is -2.56. The topological polar surface area (TPSA) is 117 Å². The first-order chi connectivity index (χ1) is 18.1. The molecule has 1 aliphatic heterocycles. The Hall–Kier alpha value is -3.37. The van der Waals surface area contributed by atoms with Crippen LogP contribution in [0.3, 0.4) is 0 Å². The predicted octanol–water partition coefficient (Wildman–Crippen LogP) is 2.57. The van der Waals surface area contributed by atoms with Gasteiger partial charge in [-0.05, 0) is 61.9 Å². The molecule has 3 saturated carbocycles. The Morgan fingerprint density at radius 3 is 2.34 bits per heavy atom. The summed E-state index contributed by atoms with van der Waals surface area (Å²) in [6, 6.07) is 9.14. The largest absolute Gasteiger partial charge is 0.484 e. The number of nitrogens with one attached hydrogen (secondary N) is 2. The number of aliphatic hydroxyl groups excluding tert-OH is 1. The third-order valence-corrected chi connectivity index (χ3v) is 8.12. The number of nitrogens with zero attached hydrogens (tertiary/aromatic N) is 1. The van der Waals surface area contributed by atoms with Crippen molar-refractivity contribution in [3.05, 3.63) is 58.4 Å². The number of amides is 3. The second-order valence-electron chi connectivity index (χ2n) is 10.4. The summed E-state index contributed by atoms with van der Waals surface area (Å²) in [7, 11) is 1.73. The first kappa shape index (κ1) is 26.2. The lowest BCUT2D eigenvalue weighted by Crippen LogP contribution is -2.70. The number of benzene rings is 2. The van der Waals surface area contributed by atoms with Gasteiger partial charge in [0, 0.05) is 30.8 Å². The number of carbonyl (C=O) groups excluding carboxylic acids is 3. The van der Waals surface area contributed by atoms with Crippen LogP contribution in [0.15, 0.2) is 36.4 Å². The molecule has 2 bridgehead atoms. The van der Waals surface area contributed by atoms with E-state index < -0.39 is 28.9 Å². The van der Waals surface area contributed by atoms with E-state index in [-0.39, 0.29) is 35.8 Å². The lowest BCUT2D eigenvalue weighted by molar-refractivity contribution is -0.137. The molecule has 1 heterocycles. The number of fused-ring (bicyclic) bond motifs is 4. The average Bonchev–Trinajstić information content (AvgIpc) is 3.17. The monoisotopic (exact) mass is 545 g/mol. The van der Waals surface area contributed by atoms with E-state index in [0.29, 0.717) is 50.0 Å². The number of hydrogen-bond donors (Lipinski definition) is 3. The zero-order chi connectivity index (χ0) is 27.1. The molecule has 38 heavy (non-hydrogen) atoms. The van der Waals surface area contributed by atoms with E-state index in [4.69, 9.17) is 21.1 Å². The van der Waals surface area contributed by atoms with E-state index in [9.17, 15) is 23.9 Å². The highest BCUT2D eigenvalue weighted by molar-refractivity contribution is 6.30. The van der Waals surface area contributed by atoms with Crippen molar-refractivity contribution in [1.29, 1.82) is 0 Å². The van der Waals surface area contributed by atoms with Crippen molar-refractivity contribution in [1.82, 2.24) is 15.5 Å². The minimum Gasteiger partial charge on any atom is -0.484 e. The molecular weight excluding hydrogens is 517 g/mol. The maximum absolute atomic E-state index is 13.6. The van der Waals surface area contributed by atoms with Crippen LogP contribution in [0.25, 0.3) is 0 Å². The molecular formula is C27H29ClFN3O6. The van der Waals surface area contributed by atoms with Crippen LogP contribution in [0.2, 0.25) is 5.02 Å². The van der Waals surface area contributed by atoms with Gasteiger partial charge in [0.05, 0.1) is 16.7 Å². The van der Waals surface area contributed by atoms with Crippen LogP contribution in [0, 0.1) is 5.82 Å². The summed E-state index contributed by atoms with van der Waals surface area (Å²) in [4.78, 5) is 39.1. The Bertz CT molecular complexity index is 1280. The molecule has 0 aromatic heterocycles. The number of rotatable bonds is 8. The van der Waals surface area contributed by atoms with Crippen molar-refractivity contribution in [2.75, 3.05) is 20.3 Å². The molecule has 4 aliphatic rings. The standard InChI is InChI=1S/C27H29ClFN3O6/c1-32-13-16-2-3-17(10-19(16)25(32)36)37-14-23(34)30-26-6-8-27(9-7-26,22(33)12-26)31-24(35)15-38-18-4-5-20(28)21(29)11-18/h2-5,10-11,22,33H,6-9,12-15H2,1H3,(H,30,34)(H,31,35). The zero-order valence-corrected chi connectivity index (χ0v) is 21.6. The van der Waals surface area contributed by atoms with Crippen LogP contribution in [-0.4, -0.2) is 65.2 Å². The summed E-state index contributed by atoms with van der Waals surface area (Å²) < 4.78 is 24.6. The Morgan fingerprint density at radius 1 is 1.05 bits per heavy atom. The van der Waals surface area contributed by atoms with Crippen LogP contribution in [0.4, 0.5) is 4.39 Å². The predicted molar refractivity (Wildman–Crippen MR) is 135 cm³/mol. The first-order valence-corrected chi connectivity index (χ1v) is 12.9. The van der Waals surface area contributed by atoms with Gasteiger partial charge in [-0.25, -0.2) is 4.39 Å². The minimum absolute atomic E-state index is 0.0388. The van der Waals surface area contributed by atoms with E-state index in [0.717, 1.165) is 11.6 Å². The average molecular weight is 546 g/mol. The Kier molecular flexibility index (Phi) is 6.96. The van der Waals surface area contributed by atoms with Crippen molar-refractivity contribution >= 4 is 29.3 Å². The molecule has 202 valence electrons. The molecule has 1 atom stereocenters. The minimum atomic E-state index is -0.858. The van der Waals surface area contributed by atoms with Crippen LogP contribution < -0.4 is 20.1 Å². The van der Waals surface area contributed by atoms with E-state index in [1.165, 1.54) is 12.1 Å². The molecule has 0 spiro atoms. The maximum Gasteiger partial charge on any atom is 0.258 e. The zero-order valence-electron chi connectivity index (χ0n) is 20.9. The van der Waals surface area contributed by atoms with Gasteiger partial charge < -0.3 is 30.1 Å². The molecule has 3 amide bonds. The SMILES string of the molecule is CN1Cc2ccc(OCC(=O)NC34CCC(NC(=O)COc5ccc(Cl)c(F)c5)(CC3)C(O)C4)cc2C1=O. The summed E-state index contributed by atoms with van der Waals surface area (Å²) in [6.07, 6.45) is 1.57. The Labute approximate surface area is 224 Å².